The first-order chi connectivity index (χ1) is 9.85. The molecule has 116 valence electrons. The van der Waals surface area contributed by atoms with Crippen molar-refractivity contribution in [1.82, 2.24) is 0 Å². The fourth-order valence-electron chi connectivity index (χ4n) is 1.86. The lowest BCUT2D eigenvalue weighted by Gasteiger charge is -2.22. The summed E-state index contributed by atoms with van der Waals surface area (Å²) >= 11 is 0. The first-order valence-electron chi connectivity index (χ1n) is 6.03. The molecule has 21 heavy (non-hydrogen) atoms. The van der Waals surface area contributed by atoms with E-state index in [9.17, 15) is 14.4 Å². The molecule has 0 aromatic heterocycles. The van der Waals surface area contributed by atoms with Gasteiger partial charge in [0.2, 0.25) is 12.4 Å². The molecule has 1 aliphatic heterocycles. The second-order valence-corrected chi connectivity index (χ2v) is 4.21. The summed E-state index contributed by atoms with van der Waals surface area (Å²) in [7, 11) is 0. The van der Waals surface area contributed by atoms with Crippen molar-refractivity contribution in [3.05, 3.63) is 10.4 Å². The van der Waals surface area contributed by atoms with Crippen molar-refractivity contribution in [3.8, 4) is 0 Å². The predicted octanol–water partition coefficient (Wildman–Crippen LogP) is 0.448. The van der Waals surface area contributed by atoms with Crippen molar-refractivity contribution < 1.29 is 33.3 Å². The first-order valence-corrected chi connectivity index (χ1v) is 6.03. The van der Waals surface area contributed by atoms with E-state index in [0.29, 0.717) is 0 Å². The number of hydrogen-bond donors (Lipinski definition) is 0. The van der Waals surface area contributed by atoms with Gasteiger partial charge in [-0.25, -0.2) is 0 Å². The summed E-state index contributed by atoms with van der Waals surface area (Å²) in [4.78, 5) is 35.9. The molecule has 4 atom stereocenters. The zero-order chi connectivity index (χ0) is 16.0. The number of hydrogen-bond acceptors (Lipinski definition) is 8. The van der Waals surface area contributed by atoms with Crippen LogP contribution in [0.1, 0.15) is 20.8 Å². The molecular formula is C11H15N3O7. The van der Waals surface area contributed by atoms with E-state index in [-0.39, 0.29) is 6.54 Å². The maximum atomic E-state index is 11.1. The highest BCUT2D eigenvalue weighted by atomic mass is 16.7. The summed E-state index contributed by atoms with van der Waals surface area (Å²) in [5.41, 5.74) is 8.34. The lowest BCUT2D eigenvalue weighted by Crippen LogP contribution is -2.41. The van der Waals surface area contributed by atoms with E-state index < -0.39 is 42.5 Å². The summed E-state index contributed by atoms with van der Waals surface area (Å²) < 4.78 is 20.2. The van der Waals surface area contributed by atoms with Gasteiger partial charge in [-0.1, -0.05) is 5.11 Å². The zero-order valence-electron chi connectivity index (χ0n) is 11.7. The summed E-state index contributed by atoms with van der Waals surface area (Å²) in [5, 5.41) is 3.32. The standard InChI is InChI=1S/C11H15N3O7/c1-5(15)18-9-8(4-13-14-12)21-11(20-7(3)17)10(9)19-6(2)16/h8-11H,4H2,1-3H3/t8-,9+,10-,11?/m1/s1. The van der Waals surface area contributed by atoms with Crippen molar-refractivity contribution >= 4 is 17.9 Å². The molecule has 0 radical (unpaired) electrons. The van der Waals surface area contributed by atoms with Crippen LogP contribution in [0.5, 0.6) is 0 Å². The van der Waals surface area contributed by atoms with E-state index in [1.54, 1.807) is 0 Å². The van der Waals surface area contributed by atoms with Crippen molar-refractivity contribution in [2.24, 2.45) is 5.11 Å². The number of ether oxygens (including phenoxy) is 4. The Morgan fingerprint density at radius 1 is 1.05 bits per heavy atom. The maximum absolute atomic E-state index is 11.1. The van der Waals surface area contributed by atoms with Crippen molar-refractivity contribution in [3.63, 3.8) is 0 Å². The van der Waals surface area contributed by atoms with Crippen LogP contribution in [-0.4, -0.2) is 49.1 Å². The average Bonchev–Trinajstić information content (AvgIpc) is 2.63. The molecular weight excluding hydrogens is 286 g/mol. The second-order valence-electron chi connectivity index (χ2n) is 4.21. The van der Waals surface area contributed by atoms with E-state index >= 15 is 0 Å². The van der Waals surface area contributed by atoms with Crippen LogP contribution in [0.2, 0.25) is 0 Å². The fraction of sp³-hybridized carbons (Fsp3) is 0.727. The van der Waals surface area contributed by atoms with Gasteiger partial charge in [-0.05, 0) is 5.53 Å². The molecule has 0 saturated carbocycles. The summed E-state index contributed by atoms with van der Waals surface area (Å²) in [6, 6.07) is 0. The number of carbonyl (C=O) groups is 3. The third-order valence-corrected chi connectivity index (χ3v) is 2.48. The van der Waals surface area contributed by atoms with Crippen molar-refractivity contribution in [2.45, 2.75) is 45.4 Å². The van der Waals surface area contributed by atoms with Crippen LogP contribution >= 0.6 is 0 Å². The van der Waals surface area contributed by atoms with Crippen LogP contribution in [0.3, 0.4) is 0 Å². The van der Waals surface area contributed by atoms with Gasteiger partial charge in [0.1, 0.15) is 6.10 Å². The molecule has 10 nitrogen and oxygen atoms in total. The molecule has 10 heteroatoms. The Morgan fingerprint density at radius 2 is 1.57 bits per heavy atom. The highest BCUT2D eigenvalue weighted by Gasteiger charge is 2.50. The molecule has 1 heterocycles. The number of esters is 3. The van der Waals surface area contributed by atoms with E-state index in [2.05, 4.69) is 10.0 Å². The van der Waals surface area contributed by atoms with Crippen LogP contribution in [0.4, 0.5) is 0 Å². The Kier molecular flexibility index (Phi) is 5.94. The number of rotatable bonds is 5. The highest BCUT2D eigenvalue weighted by Crippen LogP contribution is 2.28. The van der Waals surface area contributed by atoms with Crippen LogP contribution in [0.15, 0.2) is 5.11 Å². The monoisotopic (exact) mass is 301 g/mol. The van der Waals surface area contributed by atoms with E-state index in [1.165, 1.54) is 0 Å². The highest BCUT2D eigenvalue weighted by molar-refractivity contribution is 5.68. The van der Waals surface area contributed by atoms with Gasteiger partial charge in [-0.15, -0.1) is 0 Å². The minimum atomic E-state index is -1.24. The van der Waals surface area contributed by atoms with Gasteiger partial charge in [0, 0.05) is 25.7 Å². The Hall–Kier alpha value is -2.32. The minimum absolute atomic E-state index is 0.177. The molecule has 0 spiro atoms. The third kappa shape index (κ3) is 4.93. The summed E-state index contributed by atoms with van der Waals surface area (Å²) in [5.74, 6) is -1.97. The van der Waals surface area contributed by atoms with Gasteiger partial charge in [0.25, 0.3) is 0 Å². The lowest BCUT2D eigenvalue weighted by atomic mass is 10.1. The van der Waals surface area contributed by atoms with Gasteiger partial charge in [-0.2, -0.15) is 0 Å². The van der Waals surface area contributed by atoms with E-state index in [1.807, 2.05) is 0 Å². The summed E-state index contributed by atoms with van der Waals surface area (Å²) in [6.45, 7) is 3.28. The smallest absolute Gasteiger partial charge is 0.305 e. The van der Waals surface area contributed by atoms with E-state index in [4.69, 9.17) is 24.5 Å². The van der Waals surface area contributed by atoms with Crippen LogP contribution in [0, 0.1) is 0 Å². The van der Waals surface area contributed by atoms with Crippen molar-refractivity contribution in [2.75, 3.05) is 6.54 Å². The fourth-order valence-corrected chi connectivity index (χ4v) is 1.86. The molecule has 0 aliphatic carbocycles. The van der Waals surface area contributed by atoms with Crippen LogP contribution in [-0.2, 0) is 33.3 Å². The Labute approximate surface area is 119 Å². The molecule has 0 aromatic rings. The van der Waals surface area contributed by atoms with E-state index in [0.717, 1.165) is 20.8 Å². The molecule has 1 aliphatic rings. The molecule has 1 rings (SSSR count). The quantitative estimate of drug-likeness (QED) is 0.236. The number of azide groups is 1. The lowest BCUT2D eigenvalue weighted by molar-refractivity contribution is -0.195. The van der Waals surface area contributed by atoms with Crippen molar-refractivity contribution in [1.29, 1.82) is 0 Å². The first kappa shape index (κ1) is 16.7. The minimum Gasteiger partial charge on any atom is -0.456 e. The SMILES string of the molecule is CC(=O)OC1O[C@H](CN=[N+]=[N-])[C@H](OC(C)=O)[C@H]1OC(C)=O. The topological polar surface area (TPSA) is 137 Å². The average molecular weight is 301 g/mol. The molecule has 0 aromatic carbocycles. The third-order valence-electron chi connectivity index (χ3n) is 2.48. The molecule has 1 saturated heterocycles. The second kappa shape index (κ2) is 7.46. The Morgan fingerprint density at radius 3 is 2.05 bits per heavy atom. The predicted molar refractivity (Wildman–Crippen MR) is 65.5 cm³/mol. The Bertz CT molecular complexity index is 446. The van der Waals surface area contributed by atoms with Gasteiger partial charge in [-0.3, -0.25) is 14.4 Å². The van der Waals surface area contributed by atoms with Crippen LogP contribution in [0.25, 0.3) is 10.4 Å². The molecule has 0 amide bonds. The van der Waals surface area contributed by atoms with Gasteiger partial charge >= 0.3 is 17.9 Å². The number of nitrogens with zero attached hydrogens (tertiary/aromatic N) is 3. The maximum Gasteiger partial charge on any atom is 0.305 e. The summed E-state index contributed by atoms with van der Waals surface area (Å²) in [6.07, 6.45) is -4.30. The zero-order valence-corrected chi connectivity index (χ0v) is 11.7. The molecule has 0 N–H and O–H groups in total. The van der Waals surface area contributed by atoms with Gasteiger partial charge < -0.3 is 18.9 Å². The molecule has 1 fully saturated rings. The van der Waals surface area contributed by atoms with Gasteiger partial charge in [0.05, 0.1) is 6.54 Å². The largest absolute Gasteiger partial charge is 0.456 e. The van der Waals surface area contributed by atoms with Crippen LogP contribution < -0.4 is 0 Å². The molecule has 1 unspecified atom stereocenters. The normalized spacial score (nSPS) is 27.4. The Balaban J connectivity index is 2.98. The van der Waals surface area contributed by atoms with Gasteiger partial charge in [0.15, 0.2) is 6.10 Å². The number of carbonyl (C=O) groups excluding carboxylic acids is 3. The molecule has 0 bridgehead atoms.